The summed E-state index contributed by atoms with van der Waals surface area (Å²) in [4.78, 5) is 34.9. The highest BCUT2D eigenvalue weighted by Crippen LogP contribution is 2.20. The first-order valence-electron chi connectivity index (χ1n) is 8.64. The van der Waals surface area contributed by atoms with E-state index in [1.807, 2.05) is 0 Å². The first-order valence-corrected chi connectivity index (χ1v) is 8.64. The van der Waals surface area contributed by atoms with E-state index in [2.05, 4.69) is 4.74 Å². The van der Waals surface area contributed by atoms with Crippen LogP contribution in [0, 0.1) is 0 Å². The van der Waals surface area contributed by atoms with Crippen molar-refractivity contribution in [2.24, 2.45) is 0 Å². The minimum absolute atomic E-state index is 0.0822. The number of rotatable bonds is 6. The van der Waals surface area contributed by atoms with Gasteiger partial charge in [0.05, 0.1) is 18.2 Å². The molecule has 0 heterocycles. The Balaban J connectivity index is 1.59. The largest absolute Gasteiger partial charge is 0.511 e. The van der Waals surface area contributed by atoms with E-state index < -0.39 is 18.1 Å². The van der Waals surface area contributed by atoms with Crippen molar-refractivity contribution in [3.63, 3.8) is 0 Å². The molecular formula is C22H16O8. The number of benzene rings is 3. The number of methoxy groups -OCH3 is 1. The lowest BCUT2D eigenvalue weighted by atomic mass is 10.2. The molecule has 1 N–H and O–H groups in total. The van der Waals surface area contributed by atoms with Crippen molar-refractivity contribution in [1.29, 1.82) is 0 Å². The van der Waals surface area contributed by atoms with Crippen LogP contribution in [0.2, 0.25) is 0 Å². The van der Waals surface area contributed by atoms with Gasteiger partial charge in [0.25, 0.3) is 0 Å². The Morgan fingerprint density at radius 1 is 0.567 bits per heavy atom. The molecule has 3 aromatic rings. The number of carboxylic acid groups (broad SMARTS) is 1. The van der Waals surface area contributed by atoms with Crippen LogP contribution < -0.4 is 18.9 Å². The number of carbonyl (C=O) groups is 3. The zero-order valence-corrected chi connectivity index (χ0v) is 15.7. The van der Waals surface area contributed by atoms with Crippen LogP contribution in [0.4, 0.5) is 4.79 Å². The van der Waals surface area contributed by atoms with Crippen LogP contribution in [-0.2, 0) is 0 Å². The van der Waals surface area contributed by atoms with Crippen molar-refractivity contribution in [2.75, 3.05) is 7.11 Å². The highest BCUT2D eigenvalue weighted by Gasteiger charge is 2.12. The maximum Gasteiger partial charge on any atom is 0.511 e. The van der Waals surface area contributed by atoms with Gasteiger partial charge in [0, 0.05) is 0 Å². The predicted octanol–water partition coefficient (Wildman–Crippen LogP) is 4.19. The molecule has 0 amide bonds. The summed E-state index contributed by atoms with van der Waals surface area (Å²) in [5, 5.41) is 8.55. The van der Waals surface area contributed by atoms with Gasteiger partial charge in [-0.2, -0.15) is 0 Å². The fraction of sp³-hybridized carbons (Fsp3) is 0.0455. The van der Waals surface area contributed by atoms with Crippen LogP contribution in [0.5, 0.6) is 23.0 Å². The Morgan fingerprint density at radius 2 is 0.900 bits per heavy atom. The van der Waals surface area contributed by atoms with Gasteiger partial charge in [0.15, 0.2) is 0 Å². The van der Waals surface area contributed by atoms with E-state index in [0.29, 0.717) is 11.5 Å². The molecule has 152 valence electrons. The number of hydrogen-bond acceptors (Lipinski definition) is 7. The second kappa shape index (κ2) is 9.24. The van der Waals surface area contributed by atoms with Gasteiger partial charge in [-0.05, 0) is 72.8 Å². The molecule has 0 fully saturated rings. The summed E-state index contributed by atoms with van der Waals surface area (Å²) in [6.07, 6.45) is -1.45. The fourth-order valence-corrected chi connectivity index (χ4v) is 2.39. The Labute approximate surface area is 171 Å². The Hall–Kier alpha value is -4.33. The molecule has 0 spiro atoms. The maximum atomic E-state index is 12.2. The minimum atomic E-state index is -1.45. The summed E-state index contributed by atoms with van der Waals surface area (Å²) < 4.78 is 20.0. The number of hydrogen-bond donors (Lipinski definition) is 1. The van der Waals surface area contributed by atoms with E-state index in [1.54, 1.807) is 24.3 Å². The Bertz CT molecular complexity index is 1040. The Kier molecular flexibility index (Phi) is 6.29. The maximum absolute atomic E-state index is 12.2. The van der Waals surface area contributed by atoms with E-state index in [9.17, 15) is 14.4 Å². The molecule has 8 heteroatoms. The van der Waals surface area contributed by atoms with E-state index in [4.69, 9.17) is 19.3 Å². The van der Waals surface area contributed by atoms with Crippen LogP contribution in [0.1, 0.15) is 20.7 Å². The molecule has 3 aromatic carbocycles. The van der Waals surface area contributed by atoms with Gasteiger partial charge in [0.1, 0.15) is 23.0 Å². The molecule has 0 aliphatic heterocycles. The van der Waals surface area contributed by atoms with Gasteiger partial charge < -0.3 is 24.1 Å². The monoisotopic (exact) mass is 408 g/mol. The van der Waals surface area contributed by atoms with Crippen LogP contribution in [0.3, 0.4) is 0 Å². The van der Waals surface area contributed by atoms with Crippen LogP contribution >= 0.6 is 0 Å². The van der Waals surface area contributed by atoms with Gasteiger partial charge in [-0.3, -0.25) is 0 Å². The number of esters is 2. The third kappa shape index (κ3) is 5.35. The van der Waals surface area contributed by atoms with Crippen LogP contribution in [0.15, 0.2) is 72.8 Å². The molecule has 0 radical (unpaired) electrons. The second-order valence-corrected chi connectivity index (χ2v) is 5.87. The van der Waals surface area contributed by atoms with Crippen molar-refractivity contribution in [3.05, 3.63) is 83.9 Å². The van der Waals surface area contributed by atoms with Crippen molar-refractivity contribution in [2.45, 2.75) is 0 Å². The van der Waals surface area contributed by atoms with E-state index in [0.717, 1.165) is 0 Å². The molecular weight excluding hydrogens is 392 g/mol. The summed E-state index contributed by atoms with van der Waals surface area (Å²) in [5.74, 6) is 0.111. The van der Waals surface area contributed by atoms with E-state index in [-0.39, 0.29) is 22.6 Å². The van der Waals surface area contributed by atoms with Crippen molar-refractivity contribution in [1.82, 2.24) is 0 Å². The smallest absolute Gasteiger partial charge is 0.497 e. The van der Waals surface area contributed by atoms with Gasteiger partial charge >= 0.3 is 18.1 Å². The third-order valence-electron chi connectivity index (χ3n) is 3.87. The summed E-state index contributed by atoms with van der Waals surface area (Å²) >= 11 is 0. The zero-order chi connectivity index (χ0) is 21.5. The van der Waals surface area contributed by atoms with Crippen LogP contribution in [0.25, 0.3) is 0 Å². The molecule has 0 unspecified atom stereocenters. The van der Waals surface area contributed by atoms with Crippen molar-refractivity contribution in [3.8, 4) is 23.0 Å². The average Bonchev–Trinajstić information content (AvgIpc) is 2.75. The summed E-state index contributed by atoms with van der Waals surface area (Å²) in [7, 11) is 1.54. The third-order valence-corrected chi connectivity index (χ3v) is 3.87. The lowest BCUT2D eigenvalue weighted by molar-refractivity contribution is 0.0730. The SMILES string of the molecule is COc1ccc(OC(=O)c2ccc(OC(=O)c3ccc(OC(=O)O)cc3)cc2)cc1. The molecule has 3 rings (SSSR count). The molecule has 0 saturated heterocycles. The molecule has 8 nitrogen and oxygen atoms in total. The number of carbonyl (C=O) groups excluding carboxylic acids is 2. The minimum Gasteiger partial charge on any atom is -0.497 e. The highest BCUT2D eigenvalue weighted by atomic mass is 16.7. The van der Waals surface area contributed by atoms with Gasteiger partial charge in [0.2, 0.25) is 0 Å². The van der Waals surface area contributed by atoms with E-state index >= 15 is 0 Å². The molecule has 30 heavy (non-hydrogen) atoms. The lowest BCUT2D eigenvalue weighted by Gasteiger charge is -2.07. The molecule has 0 saturated carbocycles. The number of ether oxygens (including phenoxy) is 4. The van der Waals surface area contributed by atoms with Gasteiger partial charge in [-0.15, -0.1) is 0 Å². The van der Waals surface area contributed by atoms with Crippen LogP contribution in [-0.4, -0.2) is 30.3 Å². The molecule has 0 aliphatic carbocycles. The average molecular weight is 408 g/mol. The first-order chi connectivity index (χ1) is 14.4. The second-order valence-electron chi connectivity index (χ2n) is 5.87. The molecule has 0 aromatic heterocycles. The van der Waals surface area contributed by atoms with Crippen molar-refractivity contribution < 1.29 is 38.4 Å². The summed E-state index contributed by atoms with van der Waals surface area (Å²) in [6, 6.07) is 17.9. The first kappa shape index (κ1) is 20.4. The fourth-order valence-electron chi connectivity index (χ4n) is 2.39. The lowest BCUT2D eigenvalue weighted by Crippen LogP contribution is -2.10. The zero-order valence-electron chi connectivity index (χ0n) is 15.7. The van der Waals surface area contributed by atoms with Gasteiger partial charge in [-0.1, -0.05) is 0 Å². The standard InChI is InChI=1S/C22H16O8/c1-27-16-10-12-18(13-11-16)29-21(24)14-2-6-17(7-3-14)28-20(23)15-4-8-19(9-5-15)30-22(25)26/h2-13H,1H3,(H,25,26). The van der Waals surface area contributed by atoms with E-state index in [1.165, 1.54) is 55.6 Å². The predicted molar refractivity (Wildman–Crippen MR) is 104 cm³/mol. The topological polar surface area (TPSA) is 108 Å². The highest BCUT2D eigenvalue weighted by molar-refractivity contribution is 5.92. The molecule has 0 aliphatic rings. The van der Waals surface area contributed by atoms with Gasteiger partial charge in [-0.25, -0.2) is 14.4 Å². The summed E-state index contributed by atoms with van der Waals surface area (Å²) in [6.45, 7) is 0. The molecule has 0 atom stereocenters. The summed E-state index contributed by atoms with van der Waals surface area (Å²) in [5.41, 5.74) is 0.483. The van der Waals surface area contributed by atoms with Crippen molar-refractivity contribution >= 4 is 18.1 Å². The normalized spacial score (nSPS) is 10.0. The Morgan fingerprint density at radius 3 is 1.27 bits per heavy atom. The quantitative estimate of drug-likeness (QED) is 0.367. The molecule has 0 bridgehead atoms.